The van der Waals surface area contributed by atoms with E-state index in [9.17, 15) is 4.79 Å². The molecule has 162 valence electrons. The number of rotatable bonds is 8. The number of carbonyl (C=O) groups excluding carboxylic acids is 1. The lowest BCUT2D eigenvalue weighted by molar-refractivity contribution is -0.127. The molecular weight excluding hydrogens is 470 g/mol. The van der Waals surface area contributed by atoms with E-state index < -0.39 is 6.10 Å². The van der Waals surface area contributed by atoms with E-state index in [4.69, 9.17) is 9.47 Å². The summed E-state index contributed by atoms with van der Waals surface area (Å²) in [5.41, 5.74) is 5.49. The molecule has 0 bridgehead atoms. The number of amides is 1. The number of fused-ring (bicyclic) bond motifs is 1. The van der Waals surface area contributed by atoms with Gasteiger partial charge in [-0.3, -0.25) is 4.79 Å². The van der Waals surface area contributed by atoms with Crippen molar-refractivity contribution in [1.29, 1.82) is 0 Å². The summed E-state index contributed by atoms with van der Waals surface area (Å²) in [7, 11) is 0. The first kappa shape index (κ1) is 21.6. The average molecular weight is 492 g/mol. The van der Waals surface area contributed by atoms with Gasteiger partial charge in [-0.15, -0.1) is 0 Å². The van der Waals surface area contributed by atoms with Crippen molar-refractivity contribution in [3.05, 3.63) is 94.6 Å². The van der Waals surface area contributed by atoms with Crippen molar-refractivity contribution in [2.45, 2.75) is 19.6 Å². The molecule has 3 aromatic carbocycles. The van der Waals surface area contributed by atoms with Crippen LogP contribution in [0.5, 0.6) is 11.5 Å². The molecule has 0 aliphatic rings. The Morgan fingerprint density at radius 3 is 2.62 bits per heavy atom. The molecule has 0 fully saturated rings. The van der Waals surface area contributed by atoms with E-state index in [0.717, 1.165) is 32.3 Å². The van der Waals surface area contributed by atoms with Crippen LogP contribution < -0.4 is 14.9 Å². The maximum atomic E-state index is 12.3. The molecule has 0 saturated heterocycles. The number of benzene rings is 3. The Labute approximate surface area is 194 Å². The van der Waals surface area contributed by atoms with Gasteiger partial charge in [-0.2, -0.15) is 5.10 Å². The highest BCUT2D eigenvalue weighted by molar-refractivity contribution is 9.10. The van der Waals surface area contributed by atoms with Crippen LogP contribution in [0.4, 0.5) is 0 Å². The number of aromatic amines is 1. The first-order valence-electron chi connectivity index (χ1n) is 10.1. The zero-order valence-corrected chi connectivity index (χ0v) is 19.0. The molecule has 2 N–H and O–H groups in total. The number of aromatic nitrogens is 1. The molecule has 1 aromatic heterocycles. The van der Waals surface area contributed by atoms with E-state index in [1.54, 1.807) is 25.3 Å². The Morgan fingerprint density at radius 1 is 1.09 bits per heavy atom. The lowest BCUT2D eigenvalue weighted by Gasteiger charge is -2.13. The number of ether oxygens (including phenoxy) is 2. The third-order valence-corrected chi connectivity index (χ3v) is 5.30. The van der Waals surface area contributed by atoms with Crippen molar-refractivity contribution in [3.63, 3.8) is 0 Å². The molecular formula is C25H22BrN3O3. The van der Waals surface area contributed by atoms with Crippen LogP contribution in [0.15, 0.2) is 88.6 Å². The largest absolute Gasteiger partial charge is 0.489 e. The minimum Gasteiger partial charge on any atom is -0.489 e. The number of nitrogens with one attached hydrogen (secondary N) is 2. The fourth-order valence-corrected chi connectivity index (χ4v) is 3.45. The predicted molar refractivity (Wildman–Crippen MR) is 129 cm³/mol. The van der Waals surface area contributed by atoms with E-state index in [-0.39, 0.29) is 5.91 Å². The van der Waals surface area contributed by atoms with Crippen molar-refractivity contribution in [3.8, 4) is 11.5 Å². The molecule has 32 heavy (non-hydrogen) atoms. The van der Waals surface area contributed by atoms with Crippen LogP contribution in [0, 0.1) is 0 Å². The third kappa shape index (κ3) is 5.56. The minimum atomic E-state index is -0.708. The van der Waals surface area contributed by atoms with Gasteiger partial charge in [-0.25, -0.2) is 5.43 Å². The number of H-pyrrole nitrogens is 1. The average Bonchev–Trinajstić information content (AvgIpc) is 3.21. The van der Waals surface area contributed by atoms with Gasteiger partial charge in [0.15, 0.2) is 6.10 Å². The second-order valence-electron chi connectivity index (χ2n) is 7.17. The number of hydrogen-bond donors (Lipinski definition) is 2. The van der Waals surface area contributed by atoms with Gasteiger partial charge in [0, 0.05) is 27.1 Å². The molecule has 0 radical (unpaired) electrons. The van der Waals surface area contributed by atoms with E-state index >= 15 is 0 Å². The topological polar surface area (TPSA) is 75.7 Å². The SMILES string of the molecule is C[C@H](Oc1ccc(OCc2ccccc2)cc1)C(=O)N/N=C/c1c[nH]c2ccc(Br)cc12. The third-order valence-electron chi connectivity index (χ3n) is 4.81. The highest BCUT2D eigenvalue weighted by atomic mass is 79.9. The van der Waals surface area contributed by atoms with Crippen LogP contribution in [0.25, 0.3) is 10.9 Å². The number of hydrogen-bond acceptors (Lipinski definition) is 4. The maximum absolute atomic E-state index is 12.3. The summed E-state index contributed by atoms with van der Waals surface area (Å²) < 4.78 is 12.5. The van der Waals surface area contributed by atoms with Gasteiger partial charge in [0.05, 0.1) is 6.21 Å². The van der Waals surface area contributed by atoms with Gasteiger partial charge in [0.1, 0.15) is 18.1 Å². The molecule has 0 unspecified atom stereocenters. The molecule has 4 aromatic rings. The van der Waals surface area contributed by atoms with E-state index in [1.165, 1.54) is 0 Å². The minimum absolute atomic E-state index is 0.341. The van der Waals surface area contributed by atoms with Crippen molar-refractivity contribution >= 4 is 39.0 Å². The smallest absolute Gasteiger partial charge is 0.280 e. The molecule has 0 spiro atoms. The summed E-state index contributed by atoms with van der Waals surface area (Å²) in [5.74, 6) is 0.963. The quantitative estimate of drug-likeness (QED) is 0.255. The van der Waals surface area contributed by atoms with Crippen LogP contribution in [-0.4, -0.2) is 23.2 Å². The molecule has 1 heterocycles. The zero-order valence-electron chi connectivity index (χ0n) is 17.4. The second kappa shape index (κ2) is 10.2. The van der Waals surface area contributed by atoms with Crippen LogP contribution in [-0.2, 0) is 11.4 Å². The normalized spacial score (nSPS) is 12.1. The summed E-state index contributed by atoms with van der Waals surface area (Å²) in [6, 6.07) is 23.1. The molecule has 1 amide bonds. The Kier molecular flexibility index (Phi) is 6.87. The van der Waals surface area contributed by atoms with Gasteiger partial charge < -0.3 is 14.5 Å². The van der Waals surface area contributed by atoms with Crippen LogP contribution in [0.1, 0.15) is 18.1 Å². The molecule has 0 saturated carbocycles. The summed E-state index contributed by atoms with van der Waals surface area (Å²) in [4.78, 5) is 15.5. The van der Waals surface area contributed by atoms with E-state index in [1.807, 2.05) is 66.9 Å². The van der Waals surface area contributed by atoms with Crippen molar-refractivity contribution in [2.75, 3.05) is 0 Å². The predicted octanol–water partition coefficient (Wildman–Crippen LogP) is 5.43. The van der Waals surface area contributed by atoms with Crippen LogP contribution >= 0.6 is 15.9 Å². The maximum Gasteiger partial charge on any atom is 0.280 e. The fraction of sp³-hybridized carbons (Fsp3) is 0.120. The van der Waals surface area contributed by atoms with Gasteiger partial charge in [-0.1, -0.05) is 46.3 Å². The Bertz CT molecular complexity index is 1220. The van der Waals surface area contributed by atoms with Crippen molar-refractivity contribution in [2.24, 2.45) is 5.10 Å². The lowest BCUT2D eigenvalue weighted by atomic mass is 10.2. The molecule has 0 aliphatic carbocycles. The summed E-state index contributed by atoms with van der Waals surface area (Å²) in [6.45, 7) is 2.17. The summed E-state index contributed by atoms with van der Waals surface area (Å²) in [5, 5.41) is 5.07. The van der Waals surface area contributed by atoms with Crippen LogP contribution in [0.2, 0.25) is 0 Å². The Hall–Kier alpha value is -3.58. The van der Waals surface area contributed by atoms with Crippen LogP contribution in [0.3, 0.4) is 0 Å². The van der Waals surface area contributed by atoms with Crippen molar-refractivity contribution < 1.29 is 14.3 Å². The second-order valence-corrected chi connectivity index (χ2v) is 8.09. The Morgan fingerprint density at radius 2 is 1.84 bits per heavy atom. The number of hydrazone groups is 1. The fourth-order valence-electron chi connectivity index (χ4n) is 3.09. The van der Waals surface area contributed by atoms with Gasteiger partial charge in [0.25, 0.3) is 5.91 Å². The standard InChI is InChI=1S/C25H22BrN3O3/c1-17(25(30)29-28-15-19-14-27-24-12-7-20(26)13-23(19)24)32-22-10-8-21(9-11-22)31-16-18-5-3-2-4-6-18/h2-15,17,27H,16H2,1H3,(H,29,30)/b28-15+/t17-/m0/s1. The number of nitrogens with zero attached hydrogens (tertiary/aromatic N) is 1. The molecule has 7 heteroatoms. The molecule has 0 aliphatic heterocycles. The Balaban J connectivity index is 1.28. The molecule has 1 atom stereocenters. The highest BCUT2D eigenvalue weighted by Crippen LogP contribution is 2.22. The number of halogens is 1. The number of carbonyl (C=O) groups is 1. The zero-order chi connectivity index (χ0) is 22.3. The monoisotopic (exact) mass is 491 g/mol. The lowest BCUT2D eigenvalue weighted by Crippen LogP contribution is -2.33. The summed E-state index contributed by atoms with van der Waals surface area (Å²) >= 11 is 3.46. The van der Waals surface area contributed by atoms with Gasteiger partial charge in [0.2, 0.25) is 0 Å². The first-order chi connectivity index (χ1) is 15.6. The van der Waals surface area contributed by atoms with E-state index in [2.05, 4.69) is 31.4 Å². The van der Waals surface area contributed by atoms with Gasteiger partial charge >= 0.3 is 0 Å². The summed E-state index contributed by atoms with van der Waals surface area (Å²) in [6.07, 6.45) is 2.74. The molecule has 6 nitrogen and oxygen atoms in total. The van der Waals surface area contributed by atoms with Crippen molar-refractivity contribution in [1.82, 2.24) is 10.4 Å². The molecule has 4 rings (SSSR count). The van der Waals surface area contributed by atoms with Gasteiger partial charge in [-0.05, 0) is 55.0 Å². The first-order valence-corrected chi connectivity index (χ1v) is 10.9. The highest BCUT2D eigenvalue weighted by Gasteiger charge is 2.14. The van der Waals surface area contributed by atoms with E-state index in [0.29, 0.717) is 12.4 Å².